The molecule has 3 amide bonds. The van der Waals surface area contributed by atoms with E-state index in [4.69, 9.17) is 4.74 Å². The fourth-order valence-electron chi connectivity index (χ4n) is 6.49. The van der Waals surface area contributed by atoms with Crippen molar-refractivity contribution in [3.8, 4) is 0 Å². The van der Waals surface area contributed by atoms with Crippen LogP contribution in [-0.2, 0) is 23.9 Å². The van der Waals surface area contributed by atoms with Gasteiger partial charge in [-0.25, -0.2) is 9.59 Å². The Morgan fingerprint density at radius 3 is 2.17 bits per heavy atom. The third-order valence-electron chi connectivity index (χ3n) is 7.35. The second-order valence-electron chi connectivity index (χ2n) is 9.41. The summed E-state index contributed by atoms with van der Waals surface area (Å²) in [6.07, 6.45) is 5.87. The molecule has 4 bridgehead atoms. The largest absolute Gasteiger partial charge is 0.453 e. The third kappa shape index (κ3) is 3.73. The van der Waals surface area contributed by atoms with E-state index in [2.05, 4.69) is 4.74 Å². The summed E-state index contributed by atoms with van der Waals surface area (Å²) >= 11 is 0. The van der Waals surface area contributed by atoms with Gasteiger partial charge < -0.3 is 14.4 Å². The average molecular weight is 406 g/mol. The number of nitrogens with zero attached hydrogens (tertiary/aromatic N) is 1. The van der Waals surface area contributed by atoms with Crippen LogP contribution in [0.15, 0.2) is 0 Å². The van der Waals surface area contributed by atoms with Crippen LogP contribution in [0.1, 0.15) is 58.3 Å². The SMILES string of the molecule is COC(=O)NC(=O)[C@H](C)OC(=O)[C@@H]1CCCN1C(=O)C12CC3CC(CC(C3)C1)C2. The van der Waals surface area contributed by atoms with Crippen molar-refractivity contribution in [2.24, 2.45) is 23.2 Å². The van der Waals surface area contributed by atoms with Gasteiger partial charge in [-0.1, -0.05) is 0 Å². The van der Waals surface area contributed by atoms with Crippen molar-refractivity contribution in [3.63, 3.8) is 0 Å². The van der Waals surface area contributed by atoms with Crippen molar-refractivity contribution >= 4 is 23.9 Å². The van der Waals surface area contributed by atoms with Gasteiger partial charge in [0.25, 0.3) is 5.91 Å². The van der Waals surface area contributed by atoms with E-state index >= 15 is 0 Å². The van der Waals surface area contributed by atoms with Gasteiger partial charge in [0.2, 0.25) is 5.91 Å². The molecule has 160 valence electrons. The highest BCUT2D eigenvalue weighted by Gasteiger charge is 2.57. The quantitative estimate of drug-likeness (QED) is 0.717. The maximum atomic E-state index is 13.6. The average Bonchev–Trinajstić information content (AvgIpc) is 3.15. The molecule has 5 aliphatic rings. The highest BCUT2D eigenvalue weighted by atomic mass is 16.6. The van der Waals surface area contributed by atoms with Gasteiger partial charge in [-0.3, -0.25) is 14.9 Å². The summed E-state index contributed by atoms with van der Waals surface area (Å²) in [5.41, 5.74) is -0.300. The molecule has 5 fully saturated rings. The molecule has 8 nitrogen and oxygen atoms in total. The van der Waals surface area contributed by atoms with Gasteiger partial charge in [0, 0.05) is 6.54 Å². The van der Waals surface area contributed by atoms with Gasteiger partial charge in [-0.05, 0) is 76.0 Å². The van der Waals surface area contributed by atoms with Gasteiger partial charge in [0.1, 0.15) is 6.04 Å². The van der Waals surface area contributed by atoms with E-state index in [1.165, 1.54) is 26.2 Å². The molecule has 29 heavy (non-hydrogen) atoms. The molecule has 2 atom stereocenters. The molecule has 5 rings (SSSR count). The number of hydrogen-bond acceptors (Lipinski definition) is 6. The molecular formula is C21H30N2O6. The number of nitrogens with one attached hydrogen (secondary N) is 1. The van der Waals surface area contributed by atoms with Crippen LogP contribution >= 0.6 is 0 Å². The van der Waals surface area contributed by atoms with Gasteiger partial charge in [0.05, 0.1) is 12.5 Å². The minimum absolute atomic E-state index is 0.114. The molecular weight excluding hydrogens is 376 g/mol. The molecule has 1 N–H and O–H groups in total. The maximum absolute atomic E-state index is 13.6. The normalized spacial score (nSPS) is 35.9. The Morgan fingerprint density at radius 2 is 1.62 bits per heavy atom. The van der Waals surface area contributed by atoms with E-state index in [0.29, 0.717) is 30.7 Å². The number of methoxy groups -OCH3 is 1. The lowest BCUT2D eigenvalue weighted by atomic mass is 9.49. The maximum Gasteiger partial charge on any atom is 0.413 e. The first-order valence-corrected chi connectivity index (χ1v) is 10.7. The number of ether oxygens (including phenoxy) is 2. The van der Waals surface area contributed by atoms with Crippen molar-refractivity contribution in [1.29, 1.82) is 0 Å². The summed E-state index contributed by atoms with van der Waals surface area (Å²) in [6.45, 7) is 1.96. The summed E-state index contributed by atoms with van der Waals surface area (Å²) in [6, 6.07) is -0.649. The van der Waals surface area contributed by atoms with Gasteiger partial charge in [0.15, 0.2) is 6.10 Å². The summed E-state index contributed by atoms with van der Waals surface area (Å²) in [5, 5.41) is 1.99. The molecule has 0 aromatic carbocycles. The summed E-state index contributed by atoms with van der Waals surface area (Å²) in [4.78, 5) is 51.2. The molecule has 0 unspecified atom stereocenters. The van der Waals surface area contributed by atoms with Crippen LogP contribution in [0.4, 0.5) is 4.79 Å². The van der Waals surface area contributed by atoms with Crippen molar-refractivity contribution in [2.45, 2.75) is 70.4 Å². The topological polar surface area (TPSA) is 102 Å². The smallest absolute Gasteiger partial charge is 0.413 e. The zero-order valence-electron chi connectivity index (χ0n) is 17.1. The van der Waals surface area contributed by atoms with Crippen LogP contribution in [0.25, 0.3) is 0 Å². The number of alkyl carbamates (subject to hydrolysis) is 1. The molecule has 4 saturated carbocycles. The van der Waals surface area contributed by atoms with E-state index in [9.17, 15) is 19.2 Å². The van der Waals surface area contributed by atoms with Gasteiger partial charge in [-0.15, -0.1) is 0 Å². The Kier molecular flexibility index (Phi) is 5.29. The zero-order valence-corrected chi connectivity index (χ0v) is 17.1. The van der Waals surface area contributed by atoms with E-state index in [1.54, 1.807) is 4.90 Å². The highest BCUT2D eigenvalue weighted by Crippen LogP contribution is 2.60. The number of rotatable bonds is 4. The number of amides is 3. The Balaban J connectivity index is 1.41. The predicted molar refractivity (Wildman–Crippen MR) is 101 cm³/mol. The van der Waals surface area contributed by atoms with Crippen LogP contribution in [0, 0.1) is 23.2 Å². The summed E-state index contributed by atoms with van der Waals surface area (Å²) in [5.74, 6) is 0.749. The van der Waals surface area contributed by atoms with Crippen LogP contribution in [-0.4, -0.2) is 54.6 Å². The van der Waals surface area contributed by atoms with Gasteiger partial charge >= 0.3 is 12.1 Å². The van der Waals surface area contributed by atoms with E-state index < -0.39 is 30.1 Å². The minimum atomic E-state index is -1.14. The van der Waals surface area contributed by atoms with Crippen molar-refractivity contribution in [3.05, 3.63) is 0 Å². The zero-order chi connectivity index (χ0) is 20.8. The standard InChI is InChI=1S/C21H30N2O6/c1-12(17(24)22-20(27)28-2)29-18(25)16-4-3-5-23(16)19(26)21-9-13-6-14(10-21)8-15(7-13)11-21/h12-16H,3-11H2,1-2H3,(H,22,24,27)/t12-,13?,14?,15?,16-,21?/m0/s1. The predicted octanol–water partition coefficient (Wildman–Crippen LogP) is 2.01. The first-order chi connectivity index (χ1) is 13.8. The molecule has 0 radical (unpaired) electrons. The second kappa shape index (κ2) is 7.61. The van der Waals surface area contributed by atoms with E-state index in [1.807, 2.05) is 5.32 Å². The number of imide groups is 1. The Morgan fingerprint density at radius 1 is 1.03 bits per heavy atom. The lowest BCUT2D eigenvalue weighted by Gasteiger charge is -2.56. The van der Waals surface area contributed by atoms with Crippen molar-refractivity contribution in [2.75, 3.05) is 13.7 Å². The van der Waals surface area contributed by atoms with Crippen LogP contribution < -0.4 is 5.32 Å². The minimum Gasteiger partial charge on any atom is -0.453 e. The van der Waals surface area contributed by atoms with Crippen LogP contribution in [0.3, 0.4) is 0 Å². The Hall–Kier alpha value is -2.12. The molecule has 0 aromatic heterocycles. The van der Waals surface area contributed by atoms with Crippen LogP contribution in [0.2, 0.25) is 0 Å². The van der Waals surface area contributed by atoms with Crippen molar-refractivity contribution in [1.82, 2.24) is 10.2 Å². The Labute approximate surface area is 170 Å². The number of hydrogen-bond donors (Lipinski definition) is 1. The van der Waals surface area contributed by atoms with Gasteiger partial charge in [-0.2, -0.15) is 0 Å². The van der Waals surface area contributed by atoms with E-state index in [-0.39, 0.29) is 11.3 Å². The van der Waals surface area contributed by atoms with E-state index in [0.717, 1.165) is 32.8 Å². The second-order valence-corrected chi connectivity index (χ2v) is 9.41. The number of likely N-dealkylation sites (tertiary alicyclic amines) is 1. The molecule has 4 aliphatic carbocycles. The molecule has 1 heterocycles. The van der Waals surface area contributed by atoms with Crippen molar-refractivity contribution < 1.29 is 28.7 Å². The molecule has 0 spiro atoms. The molecule has 0 aromatic rings. The lowest BCUT2D eigenvalue weighted by molar-refractivity contribution is -0.168. The summed E-state index contributed by atoms with van der Waals surface area (Å²) in [7, 11) is 1.14. The highest BCUT2D eigenvalue weighted by molar-refractivity contribution is 5.95. The van der Waals surface area contributed by atoms with Crippen LogP contribution in [0.5, 0.6) is 0 Å². The monoisotopic (exact) mass is 406 g/mol. The fraction of sp³-hybridized carbons (Fsp3) is 0.810. The molecule has 8 heteroatoms. The molecule has 1 saturated heterocycles. The number of esters is 1. The Bertz CT molecular complexity index is 685. The number of carbonyl (C=O) groups excluding carboxylic acids is 4. The first kappa shape index (κ1) is 20.2. The first-order valence-electron chi connectivity index (χ1n) is 10.7. The fourth-order valence-corrected chi connectivity index (χ4v) is 6.49. The molecule has 1 aliphatic heterocycles. The summed E-state index contributed by atoms with van der Waals surface area (Å²) < 4.78 is 9.67. The lowest BCUT2D eigenvalue weighted by Crippen LogP contribution is -2.56. The number of carbonyl (C=O) groups is 4. The third-order valence-corrected chi connectivity index (χ3v) is 7.35.